The number of likely N-dealkylation sites (N-methyl/N-ethyl adjacent to an activating group) is 1. The van der Waals surface area contributed by atoms with Crippen LogP contribution in [0.3, 0.4) is 0 Å². The molecule has 1 aliphatic heterocycles. The number of rotatable bonds is 7. The predicted molar refractivity (Wildman–Crippen MR) is 136 cm³/mol. The van der Waals surface area contributed by atoms with Crippen LogP contribution >= 0.6 is 0 Å². The molecule has 0 saturated heterocycles. The van der Waals surface area contributed by atoms with Crippen LogP contribution in [0.5, 0.6) is 0 Å². The van der Waals surface area contributed by atoms with E-state index in [0.29, 0.717) is 12.0 Å². The molecule has 0 spiro atoms. The second kappa shape index (κ2) is 9.59. The average Bonchev–Trinajstić information content (AvgIpc) is 2.82. The third-order valence-electron chi connectivity index (χ3n) is 7.82. The highest BCUT2D eigenvalue weighted by atomic mass is 16.4. The molecule has 1 saturated carbocycles. The molecule has 1 N–H and O–H groups in total. The van der Waals surface area contributed by atoms with E-state index in [-0.39, 0.29) is 6.04 Å². The van der Waals surface area contributed by atoms with Crippen LogP contribution in [0.2, 0.25) is 0 Å². The minimum absolute atomic E-state index is 0.270. The van der Waals surface area contributed by atoms with E-state index in [2.05, 4.69) is 71.3 Å². The monoisotopic (exact) mass is 455 g/mol. The summed E-state index contributed by atoms with van der Waals surface area (Å²) in [4.78, 5) is 20.4. The van der Waals surface area contributed by atoms with E-state index in [1.54, 1.807) is 18.5 Å². The van der Waals surface area contributed by atoms with Crippen molar-refractivity contribution < 1.29 is 9.90 Å². The maximum atomic E-state index is 11.6. The lowest BCUT2D eigenvalue weighted by molar-refractivity contribution is 0.0695. The summed E-state index contributed by atoms with van der Waals surface area (Å²) in [5, 5.41) is 9.50. The Hall–Kier alpha value is -3.18. The summed E-state index contributed by atoms with van der Waals surface area (Å²) in [7, 11) is 4.31. The third kappa shape index (κ3) is 4.45. The van der Waals surface area contributed by atoms with Gasteiger partial charge in [0, 0.05) is 43.4 Å². The Morgan fingerprint density at radius 2 is 1.88 bits per heavy atom. The van der Waals surface area contributed by atoms with E-state index in [1.165, 1.54) is 47.3 Å². The van der Waals surface area contributed by atoms with Crippen LogP contribution in [0.25, 0.3) is 0 Å². The van der Waals surface area contributed by atoms with Crippen LogP contribution in [0, 0.1) is 0 Å². The van der Waals surface area contributed by atoms with E-state index < -0.39 is 5.97 Å². The van der Waals surface area contributed by atoms with E-state index >= 15 is 0 Å². The maximum absolute atomic E-state index is 11.6. The molecule has 34 heavy (non-hydrogen) atoms. The largest absolute Gasteiger partial charge is 0.478 e. The highest BCUT2D eigenvalue weighted by Gasteiger charge is 2.26. The zero-order valence-corrected chi connectivity index (χ0v) is 20.1. The van der Waals surface area contributed by atoms with E-state index in [9.17, 15) is 9.90 Å². The smallest absolute Gasteiger partial charge is 0.336 e. The molecule has 0 amide bonds. The van der Waals surface area contributed by atoms with Gasteiger partial charge in [-0.3, -0.25) is 9.88 Å². The highest BCUT2D eigenvalue weighted by Crippen LogP contribution is 2.38. The van der Waals surface area contributed by atoms with Gasteiger partial charge < -0.3 is 10.0 Å². The van der Waals surface area contributed by atoms with Crippen LogP contribution in [0.1, 0.15) is 70.3 Å². The summed E-state index contributed by atoms with van der Waals surface area (Å²) in [6.45, 7) is 1.000. The molecule has 1 aliphatic carbocycles. The first-order valence-corrected chi connectivity index (χ1v) is 12.3. The van der Waals surface area contributed by atoms with Gasteiger partial charge in [-0.1, -0.05) is 24.6 Å². The molecule has 1 aromatic heterocycles. The average molecular weight is 456 g/mol. The first-order valence-electron chi connectivity index (χ1n) is 12.3. The lowest BCUT2D eigenvalue weighted by atomic mass is 9.80. The highest BCUT2D eigenvalue weighted by molar-refractivity contribution is 5.89. The van der Waals surface area contributed by atoms with Gasteiger partial charge in [-0.15, -0.1) is 0 Å². The molecule has 1 atom stereocenters. The van der Waals surface area contributed by atoms with E-state index in [4.69, 9.17) is 0 Å². The van der Waals surface area contributed by atoms with Gasteiger partial charge in [0.25, 0.3) is 0 Å². The number of aromatic nitrogens is 1. The van der Waals surface area contributed by atoms with Crippen molar-refractivity contribution in [2.24, 2.45) is 0 Å². The van der Waals surface area contributed by atoms with Crippen LogP contribution < -0.4 is 4.90 Å². The number of nitrogens with zero attached hydrogens (tertiary/aromatic N) is 3. The zero-order valence-electron chi connectivity index (χ0n) is 20.1. The van der Waals surface area contributed by atoms with Crippen molar-refractivity contribution in [1.82, 2.24) is 9.88 Å². The number of pyridine rings is 1. The van der Waals surface area contributed by atoms with Crippen molar-refractivity contribution in [1.29, 1.82) is 0 Å². The number of fused-ring (bicyclic) bond motifs is 1. The van der Waals surface area contributed by atoms with Gasteiger partial charge in [0.1, 0.15) is 0 Å². The number of aromatic carboxylic acids is 1. The molecular weight excluding hydrogens is 422 g/mol. The molecule has 0 radical (unpaired) electrons. The maximum Gasteiger partial charge on any atom is 0.336 e. The van der Waals surface area contributed by atoms with Crippen LogP contribution in [-0.2, 0) is 12.8 Å². The van der Waals surface area contributed by atoms with E-state index in [0.717, 1.165) is 30.9 Å². The van der Waals surface area contributed by atoms with Crippen LogP contribution in [-0.4, -0.2) is 41.6 Å². The Balaban J connectivity index is 1.33. The summed E-state index contributed by atoms with van der Waals surface area (Å²) < 4.78 is 0. The molecular formula is C29H33N3O2. The number of hydrogen-bond acceptors (Lipinski definition) is 4. The van der Waals surface area contributed by atoms with E-state index in [1.807, 2.05) is 0 Å². The lowest BCUT2D eigenvalue weighted by Gasteiger charge is -2.35. The number of carboxylic acid groups (broad SMARTS) is 1. The number of anilines is 2. The quantitative estimate of drug-likeness (QED) is 0.475. The van der Waals surface area contributed by atoms with Gasteiger partial charge in [-0.05, 0) is 97.7 Å². The van der Waals surface area contributed by atoms with Crippen molar-refractivity contribution in [3.8, 4) is 0 Å². The van der Waals surface area contributed by atoms with Crippen molar-refractivity contribution in [2.45, 2.75) is 50.5 Å². The Bertz CT molecular complexity index is 1170. The molecule has 5 heteroatoms. The Labute approximate surface area is 202 Å². The summed E-state index contributed by atoms with van der Waals surface area (Å²) in [6.07, 6.45) is 9.85. The van der Waals surface area contributed by atoms with Gasteiger partial charge in [0.15, 0.2) is 0 Å². The minimum Gasteiger partial charge on any atom is -0.478 e. The number of benzene rings is 2. The second-order valence-corrected chi connectivity index (χ2v) is 9.78. The van der Waals surface area contributed by atoms with Crippen LogP contribution in [0.4, 0.5) is 11.4 Å². The van der Waals surface area contributed by atoms with Crippen LogP contribution in [0.15, 0.2) is 60.9 Å². The molecule has 5 rings (SSSR count). The fourth-order valence-electron chi connectivity index (χ4n) is 5.40. The number of carboxylic acids is 1. The molecule has 1 fully saturated rings. The molecule has 2 aliphatic rings. The number of aryl methyl sites for hydroxylation is 1. The first-order chi connectivity index (χ1) is 16.5. The van der Waals surface area contributed by atoms with Gasteiger partial charge in [-0.25, -0.2) is 4.79 Å². The second-order valence-electron chi connectivity index (χ2n) is 9.78. The molecule has 0 unspecified atom stereocenters. The van der Waals surface area contributed by atoms with Crippen molar-refractivity contribution in [3.63, 3.8) is 0 Å². The van der Waals surface area contributed by atoms with Crippen molar-refractivity contribution >= 4 is 17.3 Å². The Morgan fingerprint density at radius 3 is 2.59 bits per heavy atom. The summed E-state index contributed by atoms with van der Waals surface area (Å²) >= 11 is 0. The van der Waals surface area contributed by atoms with Gasteiger partial charge in [0.2, 0.25) is 0 Å². The SMILES string of the molecule is CN(c1ccc(C2CCC2)cc1)c1ccc2c(c1)CCN(C)[C@H]2CCc1cnccc1C(=O)O. The van der Waals surface area contributed by atoms with Crippen molar-refractivity contribution in [2.75, 3.05) is 25.5 Å². The number of carbonyl (C=O) groups is 1. The normalized spacial score (nSPS) is 18.2. The predicted octanol–water partition coefficient (Wildman–Crippen LogP) is 5.98. The summed E-state index contributed by atoms with van der Waals surface area (Å²) in [5.74, 6) is -0.126. The summed E-state index contributed by atoms with van der Waals surface area (Å²) in [6, 6.07) is 17.8. The van der Waals surface area contributed by atoms with Gasteiger partial charge in [-0.2, -0.15) is 0 Å². The molecule has 0 bridgehead atoms. The fourth-order valence-corrected chi connectivity index (χ4v) is 5.40. The van der Waals surface area contributed by atoms with Crippen molar-refractivity contribution in [3.05, 3.63) is 88.7 Å². The standard InChI is InChI=1S/C29H33N3O2/c1-31-17-15-22-18-25(32(2)24-9-6-21(7-10-24)20-4-3-5-20)11-12-26(22)28(31)13-8-23-19-30-16-14-27(23)29(33)34/h6-7,9-12,14,16,18-20,28H,3-5,8,13,15,17H2,1-2H3,(H,33,34)/t28-/m0/s1. The molecule has 2 aromatic carbocycles. The fraction of sp³-hybridized carbons (Fsp3) is 0.379. The van der Waals surface area contributed by atoms with Gasteiger partial charge >= 0.3 is 5.97 Å². The zero-order chi connectivity index (χ0) is 23.7. The number of hydrogen-bond donors (Lipinski definition) is 1. The third-order valence-corrected chi connectivity index (χ3v) is 7.82. The molecule has 176 valence electrons. The molecule has 3 aromatic rings. The Morgan fingerprint density at radius 1 is 1.12 bits per heavy atom. The Kier molecular flexibility index (Phi) is 6.38. The van der Waals surface area contributed by atoms with Gasteiger partial charge in [0.05, 0.1) is 5.56 Å². The summed E-state index contributed by atoms with van der Waals surface area (Å²) in [5.41, 5.74) is 7.80. The molecule has 5 nitrogen and oxygen atoms in total. The molecule has 2 heterocycles. The lowest BCUT2D eigenvalue weighted by Crippen LogP contribution is -2.32. The first kappa shape index (κ1) is 22.6. The minimum atomic E-state index is -0.886. The topological polar surface area (TPSA) is 56.7 Å².